The molecule has 0 aliphatic carbocycles. The number of rotatable bonds is 4. The molecular weight excluding hydrogens is 664 g/mol. The summed E-state index contributed by atoms with van der Waals surface area (Å²) < 4.78 is 15.3. The van der Waals surface area contributed by atoms with E-state index in [1.54, 1.807) is 0 Å². The van der Waals surface area contributed by atoms with Gasteiger partial charge in [-0.05, 0) is 48.5 Å². The fraction of sp³-hybridized carbons (Fsp3) is 0. The summed E-state index contributed by atoms with van der Waals surface area (Å²) in [4.78, 5) is 15.2. The van der Waals surface area contributed by atoms with Crippen LogP contribution in [0.15, 0.2) is 160 Å². The fourth-order valence-corrected chi connectivity index (χ4v) is 7.74. The van der Waals surface area contributed by atoms with Crippen LogP contribution in [0.4, 0.5) is 0 Å². The van der Waals surface area contributed by atoms with E-state index in [2.05, 4.69) is 53.1 Å². The molecule has 0 spiro atoms. The van der Waals surface area contributed by atoms with Crippen LogP contribution >= 0.6 is 11.6 Å². The lowest BCUT2D eigenvalue weighted by Gasteiger charge is -2.12. The molecule has 11 rings (SSSR count). The molecule has 0 saturated carbocycles. The lowest BCUT2D eigenvalue weighted by Crippen LogP contribution is -2.01. The Morgan fingerprint density at radius 2 is 1.04 bits per heavy atom. The van der Waals surface area contributed by atoms with Crippen LogP contribution < -0.4 is 0 Å². The number of hydrogen-bond acceptors (Lipinski definition) is 5. The molecule has 0 N–H and O–H groups in total. The number of nitrogens with zero attached hydrogens (tertiary/aromatic N) is 4. The number of halogens is 1. The molecular formula is C45H25ClN4O2. The maximum absolute atomic E-state index is 6.66. The van der Waals surface area contributed by atoms with Gasteiger partial charge in [0.25, 0.3) is 0 Å². The number of aromatic nitrogens is 4. The Balaban J connectivity index is 1.16. The number of furan rings is 2. The zero-order chi connectivity index (χ0) is 34.3. The number of benzene rings is 7. The number of fused-ring (bicyclic) bond motifs is 10. The maximum atomic E-state index is 6.66. The van der Waals surface area contributed by atoms with E-state index in [0.29, 0.717) is 22.5 Å². The summed E-state index contributed by atoms with van der Waals surface area (Å²) in [7, 11) is 0. The Labute approximate surface area is 301 Å². The van der Waals surface area contributed by atoms with Crippen LogP contribution in [0.1, 0.15) is 0 Å². The average Bonchev–Trinajstić information content (AvgIpc) is 3.87. The van der Waals surface area contributed by atoms with E-state index < -0.39 is 0 Å². The van der Waals surface area contributed by atoms with E-state index in [1.165, 1.54) is 0 Å². The minimum atomic E-state index is 0.534. The van der Waals surface area contributed by atoms with Gasteiger partial charge in [0, 0.05) is 54.2 Å². The Morgan fingerprint density at radius 1 is 0.442 bits per heavy atom. The van der Waals surface area contributed by atoms with Crippen LogP contribution in [-0.2, 0) is 0 Å². The molecule has 0 radical (unpaired) electrons. The summed E-state index contributed by atoms with van der Waals surface area (Å²) in [5.41, 5.74) is 8.64. The summed E-state index contributed by atoms with van der Waals surface area (Å²) in [5.74, 6) is 1.66. The first-order valence-electron chi connectivity index (χ1n) is 17.0. The van der Waals surface area contributed by atoms with Crippen molar-refractivity contribution < 1.29 is 8.83 Å². The molecule has 6 nitrogen and oxygen atoms in total. The van der Waals surface area contributed by atoms with E-state index in [4.69, 9.17) is 35.4 Å². The van der Waals surface area contributed by atoms with Gasteiger partial charge in [0.15, 0.2) is 23.1 Å². The van der Waals surface area contributed by atoms with Crippen molar-refractivity contribution in [1.82, 2.24) is 19.5 Å². The summed E-state index contributed by atoms with van der Waals surface area (Å²) in [6, 6.07) is 51.0. The summed E-state index contributed by atoms with van der Waals surface area (Å²) in [6.45, 7) is 0. The largest absolute Gasteiger partial charge is 0.455 e. The first kappa shape index (κ1) is 29.0. The zero-order valence-corrected chi connectivity index (χ0v) is 28.2. The highest BCUT2D eigenvalue weighted by molar-refractivity contribution is 6.32. The molecule has 0 aliphatic rings. The van der Waals surface area contributed by atoms with Gasteiger partial charge in [-0.2, -0.15) is 0 Å². The second-order valence-corrected chi connectivity index (χ2v) is 13.4. The van der Waals surface area contributed by atoms with Crippen LogP contribution in [0.5, 0.6) is 0 Å². The predicted octanol–water partition coefficient (Wildman–Crippen LogP) is 12.4. The van der Waals surface area contributed by atoms with Crippen molar-refractivity contribution >= 4 is 77.3 Å². The Kier molecular flexibility index (Phi) is 6.21. The van der Waals surface area contributed by atoms with Gasteiger partial charge in [-0.25, -0.2) is 15.0 Å². The first-order valence-corrected chi connectivity index (χ1v) is 17.4. The lowest BCUT2D eigenvalue weighted by atomic mass is 10.1. The van der Waals surface area contributed by atoms with Crippen molar-refractivity contribution in [3.63, 3.8) is 0 Å². The second-order valence-electron chi connectivity index (χ2n) is 12.9. The van der Waals surface area contributed by atoms with Crippen LogP contribution in [0, 0.1) is 0 Å². The molecule has 0 aliphatic heterocycles. The SMILES string of the molecule is Clc1ccc2c3ccc4c5ccccc5oc4c3n(-c3cccc(-c4nc(-c5ccccc5)nc(-c5cccc6c5oc5ccccc56)n4)c3)c2c1. The van der Waals surface area contributed by atoms with Gasteiger partial charge in [0.05, 0.1) is 16.6 Å². The Morgan fingerprint density at radius 3 is 1.85 bits per heavy atom. The van der Waals surface area contributed by atoms with E-state index >= 15 is 0 Å². The van der Waals surface area contributed by atoms with Gasteiger partial charge < -0.3 is 13.4 Å². The molecule has 0 amide bonds. The molecule has 11 aromatic rings. The topological polar surface area (TPSA) is 69.9 Å². The van der Waals surface area contributed by atoms with Crippen molar-refractivity contribution in [2.75, 3.05) is 0 Å². The van der Waals surface area contributed by atoms with Gasteiger partial charge in [-0.3, -0.25) is 0 Å². The molecule has 7 aromatic carbocycles. The highest BCUT2D eigenvalue weighted by Crippen LogP contribution is 2.41. The van der Waals surface area contributed by atoms with Gasteiger partial charge >= 0.3 is 0 Å². The quantitative estimate of drug-likeness (QED) is 0.184. The third-order valence-electron chi connectivity index (χ3n) is 9.91. The Bertz CT molecular complexity index is 3210. The van der Waals surface area contributed by atoms with Gasteiger partial charge in [0.1, 0.15) is 16.7 Å². The molecule has 0 fully saturated rings. The smallest absolute Gasteiger partial charge is 0.167 e. The van der Waals surface area contributed by atoms with E-state index in [0.717, 1.165) is 88.1 Å². The van der Waals surface area contributed by atoms with E-state index in [9.17, 15) is 0 Å². The third kappa shape index (κ3) is 4.35. The molecule has 244 valence electrons. The molecule has 4 heterocycles. The average molecular weight is 689 g/mol. The van der Waals surface area contributed by atoms with Crippen molar-refractivity contribution in [3.05, 3.63) is 157 Å². The lowest BCUT2D eigenvalue weighted by molar-refractivity contribution is 0.669. The van der Waals surface area contributed by atoms with Crippen LogP contribution in [-0.4, -0.2) is 19.5 Å². The maximum Gasteiger partial charge on any atom is 0.167 e. The van der Waals surface area contributed by atoms with Gasteiger partial charge in [-0.15, -0.1) is 0 Å². The van der Waals surface area contributed by atoms with E-state index in [1.807, 2.05) is 103 Å². The minimum absolute atomic E-state index is 0.534. The minimum Gasteiger partial charge on any atom is -0.455 e. The summed E-state index contributed by atoms with van der Waals surface area (Å²) in [5, 5.41) is 7.02. The fourth-order valence-electron chi connectivity index (χ4n) is 7.57. The van der Waals surface area contributed by atoms with E-state index in [-0.39, 0.29) is 0 Å². The highest BCUT2D eigenvalue weighted by atomic mass is 35.5. The van der Waals surface area contributed by atoms with Crippen LogP contribution in [0.2, 0.25) is 5.02 Å². The molecule has 52 heavy (non-hydrogen) atoms. The molecule has 0 saturated heterocycles. The first-order chi connectivity index (χ1) is 25.7. The molecule has 0 bridgehead atoms. The van der Waals surface area contributed by atoms with Crippen molar-refractivity contribution in [3.8, 4) is 39.9 Å². The monoisotopic (exact) mass is 688 g/mol. The van der Waals surface area contributed by atoms with Crippen LogP contribution in [0.25, 0.3) is 106 Å². The molecule has 4 aromatic heterocycles. The second kappa shape index (κ2) is 11.1. The highest BCUT2D eigenvalue weighted by Gasteiger charge is 2.21. The molecule has 7 heteroatoms. The van der Waals surface area contributed by atoms with Crippen molar-refractivity contribution in [2.45, 2.75) is 0 Å². The normalized spacial score (nSPS) is 11.9. The van der Waals surface area contributed by atoms with Crippen molar-refractivity contribution in [1.29, 1.82) is 0 Å². The number of para-hydroxylation sites is 3. The number of hydrogen-bond donors (Lipinski definition) is 0. The molecule has 0 atom stereocenters. The summed E-state index contributed by atoms with van der Waals surface area (Å²) in [6.07, 6.45) is 0. The standard InChI is InChI=1S/C45H25ClN4O2/c46-28-20-21-30-33-22-23-35-32-15-5-7-19-39(32)52-42(35)40(33)50(37(30)25-28)29-13-8-12-27(24-29)44-47-43(26-10-2-1-3-11-26)48-45(49-44)36-17-9-16-34-31-14-4-6-18-38(31)51-41(34)36/h1-25H. The van der Waals surface area contributed by atoms with Gasteiger partial charge in [-0.1, -0.05) is 115 Å². The van der Waals surface area contributed by atoms with Gasteiger partial charge in [0.2, 0.25) is 0 Å². The summed E-state index contributed by atoms with van der Waals surface area (Å²) >= 11 is 6.66. The van der Waals surface area contributed by atoms with Crippen molar-refractivity contribution in [2.24, 2.45) is 0 Å². The molecule has 0 unspecified atom stereocenters. The Hall–Kier alpha value is -6.76. The zero-order valence-electron chi connectivity index (χ0n) is 27.4. The predicted molar refractivity (Wildman–Crippen MR) is 210 cm³/mol. The van der Waals surface area contributed by atoms with Crippen LogP contribution in [0.3, 0.4) is 0 Å². The third-order valence-corrected chi connectivity index (χ3v) is 10.1.